The Morgan fingerprint density at radius 2 is 2.19 bits per heavy atom. The predicted octanol–water partition coefficient (Wildman–Crippen LogP) is 2.94. The lowest BCUT2D eigenvalue weighted by atomic mass is 10.2. The molecule has 0 aliphatic heterocycles. The van der Waals surface area contributed by atoms with Crippen LogP contribution in [0.2, 0.25) is 0 Å². The van der Waals surface area contributed by atoms with Crippen molar-refractivity contribution in [2.24, 2.45) is 5.92 Å². The van der Waals surface area contributed by atoms with Gasteiger partial charge < -0.3 is 19.1 Å². The van der Waals surface area contributed by atoms with Gasteiger partial charge in [-0.3, -0.25) is 0 Å². The third-order valence-corrected chi connectivity index (χ3v) is 3.85. The zero-order valence-corrected chi connectivity index (χ0v) is 12.3. The Labute approximate surface area is 123 Å². The zero-order valence-electron chi connectivity index (χ0n) is 12.3. The summed E-state index contributed by atoms with van der Waals surface area (Å²) in [6.45, 7) is 2.77. The minimum atomic E-state index is -0.481. The summed E-state index contributed by atoms with van der Waals surface area (Å²) in [7, 11) is 1.58. The number of hydrogen-bond acceptors (Lipinski definition) is 4. The number of benzene rings is 1. The van der Waals surface area contributed by atoms with Crippen LogP contribution in [0.3, 0.4) is 0 Å². The van der Waals surface area contributed by atoms with Gasteiger partial charge in [0.25, 0.3) is 0 Å². The number of carbonyl (C=O) groups is 1. The van der Waals surface area contributed by atoms with Crippen LogP contribution in [0.4, 0.5) is 0 Å². The molecule has 1 aromatic carbocycles. The molecule has 1 aromatic heterocycles. The van der Waals surface area contributed by atoms with E-state index in [1.807, 2.05) is 16.7 Å². The number of rotatable bonds is 5. The van der Waals surface area contributed by atoms with Gasteiger partial charge in [0.2, 0.25) is 0 Å². The smallest absolute Gasteiger partial charge is 0.358 e. The quantitative estimate of drug-likeness (QED) is 0.860. The molecule has 0 bridgehead atoms. The number of aromatic hydroxyl groups is 1. The van der Waals surface area contributed by atoms with Gasteiger partial charge in [0, 0.05) is 11.9 Å². The number of hydrogen-bond donors (Lipinski definition) is 1. The van der Waals surface area contributed by atoms with Gasteiger partial charge in [-0.2, -0.15) is 0 Å². The molecule has 5 nitrogen and oxygen atoms in total. The van der Waals surface area contributed by atoms with E-state index in [2.05, 4.69) is 0 Å². The molecule has 3 rings (SSSR count). The maximum atomic E-state index is 12.2. The van der Waals surface area contributed by atoms with Crippen molar-refractivity contribution in [2.45, 2.75) is 26.3 Å². The Balaban J connectivity index is 2.16. The average Bonchev–Trinajstić information content (AvgIpc) is 3.25. The van der Waals surface area contributed by atoms with Crippen LogP contribution in [-0.4, -0.2) is 29.4 Å². The summed E-state index contributed by atoms with van der Waals surface area (Å²) in [6, 6.07) is 5.45. The Bertz CT molecular complexity index is 685. The van der Waals surface area contributed by atoms with Crippen LogP contribution in [-0.2, 0) is 11.3 Å². The van der Waals surface area contributed by atoms with E-state index in [0.29, 0.717) is 17.1 Å². The molecule has 1 fully saturated rings. The molecule has 0 unspecified atom stereocenters. The average molecular weight is 289 g/mol. The molecule has 1 aliphatic rings. The molecule has 5 heteroatoms. The van der Waals surface area contributed by atoms with Crippen LogP contribution in [0.1, 0.15) is 30.3 Å². The molecule has 0 atom stereocenters. The van der Waals surface area contributed by atoms with Gasteiger partial charge >= 0.3 is 5.97 Å². The van der Waals surface area contributed by atoms with Gasteiger partial charge in [0.15, 0.2) is 11.4 Å². The predicted molar refractivity (Wildman–Crippen MR) is 78.8 cm³/mol. The van der Waals surface area contributed by atoms with Crippen LogP contribution < -0.4 is 4.74 Å². The molecule has 1 aliphatic carbocycles. The number of aromatic nitrogens is 1. The first kappa shape index (κ1) is 13.8. The lowest BCUT2D eigenvalue weighted by Crippen LogP contribution is -2.13. The third-order valence-electron chi connectivity index (χ3n) is 3.85. The molecule has 0 spiro atoms. The van der Waals surface area contributed by atoms with E-state index in [9.17, 15) is 9.90 Å². The monoisotopic (exact) mass is 289 g/mol. The van der Waals surface area contributed by atoms with Crippen LogP contribution in [0.25, 0.3) is 10.9 Å². The van der Waals surface area contributed by atoms with E-state index in [1.54, 1.807) is 20.1 Å². The molecule has 0 amide bonds. The van der Waals surface area contributed by atoms with Gasteiger partial charge in [0.1, 0.15) is 5.75 Å². The van der Waals surface area contributed by atoms with E-state index < -0.39 is 5.97 Å². The van der Waals surface area contributed by atoms with Gasteiger partial charge in [0.05, 0.1) is 19.2 Å². The summed E-state index contributed by atoms with van der Waals surface area (Å²) in [5.41, 5.74) is 1.08. The van der Waals surface area contributed by atoms with E-state index in [-0.39, 0.29) is 18.1 Å². The van der Waals surface area contributed by atoms with E-state index >= 15 is 0 Å². The molecule has 1 N–H and O–H groups in total. The molecule has 112 valence electrons. The summed E-state index contributed by atoms with van der Waals surface area (Å²) in [4.78, 5) is 12.2. The number of carbonyl (C=O) groups excluding carboxylic acids is 1. The number of methoxy groups -OCH3 is 1. The third kappa shape index (κ3) is 2.44. The fraction of sp³-hybridized carbons (Fsp3) is 0.438. The van der Waals surface area contributed by atoms with Crippen molar-refractivity contribution >= 4 is 16.9 Å². The van der Waals surface area contributed by atoms with Crippen molar-refractivity contribution in [1.82, 2.24) is 4.57 Å². The van der Waals surface area contributed by atoms with Crippen molar-refractivity contribution < 1.29 is 19.4 Å². The van der Waals surface area contributed by atoms with Crippen molar-refractivity contribution in [3.05, 3.63) is 23.9 Å². The number of fused-ring (bicyclic) bond motifs is 1. The molecular weight excluding hydrogens is 270 g/mol. The first-order chi connectivity index (χ1) is 10.2. The Morgan fingerprint density at radius 1 is 1.43 bits per heavy atom. The Kier molecular flexibility index (Phi) is 3.49. The summed E-state index contributed by atoms with van der Waals surface area (Å²) < 4.78 is 12.2. The van der Waals surface area contributed by atoms with Crippen molar-refractivity contribution in [3.8, 4) is 11.5 Å². The van der Waals surface area contributed by atoms with E-state index in [4.69, 9.17) is 9.47 Å². The lowest BCUT2D eigenvalue weighted by Gasteiger charge is -2.09. The van der Waals surface area contributed by atoms with Crippen molar-refractivity contribution in [2.75, 3.05) is 13.7 Å². The number of esters is 1. The second-order valence-electron chi connectivity index (χ2n) is 5.35. The topological polar surface area (TPSA) is 60.7 Å². The molecule has 21 heavy (non-hydrogen) atoms. The lowest BCUT2D eigenvalue weighted by molar-refractivity contribution is 0.0510. The molecule has 2 aromatic rings. The first-order valence-corrected chi connectivity index (χ1v) is 7.22. The second-order valence-corrected chi connectivity index (χ2v) is 5.35. The fourth-order valence-corrected chi connectivity index (χ4v) is 2.60. The molecule has 0 saturated heterocycles. The second kappa shape index (κ2) is 5.31. The highest BCUT2D eigenvalue weighted by molar-refractivity contribution is 6.01. The SMILES string of the molecule is CCOC(=O)c1c(O)c2cc(OC)ccc2n1CC1CC1. The number of ether oxygens (including phenoxy) is 2. The molecule has 0 radical (unpaired) electrons. The standard InChI is InChI=1S/C16H19NO4/c1-3-21-16(19)14-15(18)12-8-11(20-2)6-7-13(12)17(14)9-10-4-5-10/h6-8,10,18H,3-5,9H2,1-2H3. The summed E-state index contributed by atoms with van der Waals surface area (Å²) >= 11 is 0. The van der Waals surface area contributed by atoms with E-state index in [0.717, 1.165) is 12.1 Å². The summed E-state index contributed by atoms with van der Waals surface area (Å²) in [5.74, 6) is 0.723. The normalized spacial score (nSPS) is 14.4. The maximum absolute atomic E-state index is 12.2. The molecule has 1 saturated carbocycles. The Hall–Kier alpha value is -2.17. The van der Waals surface area contributed by atoms with E-state index in [1.165, 1.54) is 12.8 Å². The van der Waals surface area contributed by atoms with Crippen LogP contribution in [0, 0.1) is 5.92 Å². The van der Waals surface area contributed by atoms with Gasteiger partial charge in [-0.25, -0.2) is 4.79 Å². The highest BCUT2D eigenvalue weighted by Crippen LogP contribution is 2.39. The molecular formula is C16H19NO4. The molecule has 1 heterocycles. The Morgan fingerprint density at radius 3 is 2.81 bits per heavy atom. The fourth-order valence-electron chi connectivity index (χ4n) is 2.60. The first-order valence-electron chi connectivity index (χ1n) is 7.22. The maximum Gasteiger partial charge on any atom is 0.358 e. The summed E-state index contributed by atoms with van der Waals surface area (Å²) in [5, 5.41) is 11.1. The highest BCUT2D eigenvalue weighted by Gasteiger charge is 2.29. The van der Waals surface area contributed by atoms with Crippen molar-refractivity contribution in [3.63, 3.8) is 0 Å². The van der Waals surface area contributed by atoms with Crippen LogP contribution in [0.15, 0.2) is 18.2 Å². The minimum absolute atomic E-state index is 0.0250. The van der Waals surface area contributed by atoms with Crippen LogP contribution >= 0.6 is 0 Å². The largest absolute Gasteiger partial charge is 0.505 e. The highest BCUT2D eigenvalue weighted by atomic mass is 16.5. The number of nitrogens with zero attached hydrogens (tertiary/aromatic N) is 1. The van der Waals surface area contributed by atoms with Crippen molar-refractivity contribution in [1.29, 1.82) is 0 Å². The zero-order chi connectivity index (χ0) is 15.0. The van der Waals surface area contributed by atoms with Crippen LogP contribution in [0.5, 0.6) is 11.5 Å². The van der Waals surface area contributed by atoms with Gasteiger partial charge in [-0.05, 0) is 43.9 Å². The summed E-state index contributed by atoms with van der Waals surface area (Å²) in [6.07, 6.45) is 2.33. The van der Waals surface area contributed by atoms with Gasteiger partial charge in [-0.15, -0.1) is 0 Å². The minimum Gasteiger partial charge on any atom is -0.505 e. The van der Waals surface area contributed by atoms with Gasteiger partial charge in [-0.1, -0.05) is 0 Å².